The number of benzene rings is 1. The number of piperidine rings is 1. The Morgan fingerprint density at radius 1 is 1.10 bits per heavy atom. The van der Waals surface area contributed by atoms with Gasteiger partial charge in [0.05, 0.1) is 19.1 Å². The predicted molar refractivity (Wildman–Crippen MR) is 110 cm³/mol. The van der Waals surface area contributed by atoms with Gasteiger partial charge in [0, 0.05) is 49.1 Å². The smallest absolute Gasteiger partial charge is 0.227 e. The van der Waals surface area contributed by atoms with Crippen LogP contribution in [0.2, 0.25) is 0 Å². The second kappa shape index (κ2) is 8.00. The van der Waals surface area contributed by atoms with Crippen molar-refractivity contribution in [1.29, 1.82) is 0 Å². The molecule has 3 heterocycles. The van der Waals surface area contributed by atoms with Crippen molar-refractivity contribution < 1.29 is 19.1 Å². The van der Waals surface area contributed by atoms with E-state index in [0.29, 0.717) is 38.6 Å². The molecular weight excluding hydrogens is 368 g/mol. The highest BCUT2D eigenvalue weighted by Crippen LogP contribution is 2.38. The summed E-state index contributed by atoms with van der Waals surface area (Å²) in [4.78, 5) is 17.3. The number of amides is 1. The number of hydrogen-bond acceptors (Lipinski definition) is 5. The first-order valence-electron chi connectivity index (χ1n) is 11.0. The van der Waals surface area contributed by atoms with E-state index in [1.807, 2.05) is 11.0 Å². The summed E-state index contributed by atoms with van der Waals surface area (Å²) in [6.07, 6.45) is 6.33. The van der Waals surface area contributed by atoms with Gasteiger partial charge >= 0.3 is 0 Å². The SMILES string of the molecule is O=C(C1CCCN(Cc2c(O)ccc3oc4c(c23)CCCC4)C1)N1CCOCC1. The number of aromatic hydroxyl groups is 1. The van der Waals surface area contributed by atoms with Crippen LogP contribution < -0.4 is 0 Å². The number of morpholine rings is 1. The summed E-state index contributed by atoms with van der Waals surface area (Å²) in [5, 5.41) is 11.8. The van der Waals surface area contributed by atoms with Gasteiger partial charge in [-0.05, 0) is 50.8 Å². The summed E-state index contributed by atoms with van der Waals surface area (Å²) < 4.78 is 11.5. The maximum Gasteiger partial charge on any atom is 0.227 e. The van der Waals surface area contributed by atoms with E-state index in [1.54, 1.807) is 6.07 Å². The highest BCUT2D eigenvalue weighted by Gasteiger charge is 2.31. The maximum atomic E-state index is 13.0. The lowest BCUT2D eigenvalue weighted by molar-refractivity contribution is -0.141. The fraction of sp³-hybridized carbons (Fsp3) is 0.609. The number of carbonyl (C=O) groups is 1. The van der Waals surface area contributed by atoms with Crippen LogP contribution in [0.15, 0.2) is 16.5 Å². The largest absolute Gasteiger partial charge is 0.508 e. The molecule has 0 saturated carbocycles. The third kappa shape index (κ3) is 3.64. The molecule has 1 atom stereocenters. The van der Waals surface area contributed by atoms with Crippen molar-refractivity contribution in [2.24, 2.45) is 5.92 Å². The second-order valence-electron chi connectivity index (χ2n) is 8.66. The van der Waals surface area contributed by atoms with E-state index in [0.717, 1.165) is 61.1 Å². The summed E-state index contributed by atoms with van der Waals surface area (Å²) in [5.74, 6) is 1.74. The van der Waals surface area contributed by atoms with Gasteiger partial charge in [-0.15, -0.1) is 0 Å². The van der Waals surface area contributed by atoms with Gasteiger partial charge < -0.3 is 19.2 Å². The third-order valence-electron chi connectivity index (χ3n) is 6.76. The van der Waals surface area contributed by atoms with Crippen molar-refractivity contribution in [2.75, 3.05) is 39.4 Å². The van der Waals surface area contributed by atoms with Crippen molar-refractivity contribution >= 4 is 16.9 Å². The van der Waals surface area contributed by atoms with Crippen LogP contribution in [0.1, 0.15) is 42.6 Å². The van der Waals surface area contributed by atoms with E-state index in [2.05, 4.69) is 4.90 Å². The van der Waals surface area contributed by atoms with Crippen molar-refractivity contribution in [3.63, 3.8) is 0 Å². The zero-order chi connectivity index (χ0) is 19.8. The van der Waals surface area contributed by atoms with Crippen LogP contribution in [0.5, 0.6) is 5.75 Å². The topological polar surface area (TPSA) is 66.2 Å². The van der Waals surface area contributed by atoms with Crippen LogP contribution in [0.25, 0.3) is 11.0 Å². The van der Waals surface area contributed by atoms with E-state index in [-0.39, 0.29) is 11.8 Å². The number of likely N-dealkylation sites (tertiary alicyclic amines) is 1. The number of phenols is 1. The molecule has 1 aromatic heterocycles. The van der Waals surface area contributed by atoms with Gasteiger partial charge in [0.15, 0.2) is 0 Å². The number of furan rings is 1. The summed E-state index contributed by atoms with van der Waals surface area (Å²) in [5.41, 5.74) is 3.15. The first-order chi connectivity index (χ1) is 14.2. The van der Waals surface area contributed by atoms with Gasteiger partial charge in [-0.1, -0.05) is 0 Å². The lowest BCUT2D eigenvalue weighted by atomic mass is 9.92. The molecule has 0 radical (unpaired) electrons. The Morgan fingerprint density at radius 2 is 1.93 bits per heavy atom. The lowest BCUT2D eigenvalue weighted by Gasteiger charge is -2.36. The molecule has 0 spiro atoms. The molecule has 6 heteroatoms. The highest BCUT2D eigenvalue weighted by atomic mass is 16.5. The minimum atomic E-state index is 0.0430. The molecule has 3 aliphatic rings. The number of rotatable bonds is 3. The molecule has 2 aromatic rings. The Labute approximate surface area is 171 Å². The normalized spacial score (nSPS) is 23.3. The zero-order valence-electron chi connectivity index (χ0n) is 17.0. The number of phenolic OH excluding ortho intramolecular Hbond substituents is 1. The molecule has 156 valence electrons. The molecule has 5 rings (SSSR count). The standard InChI is InChI=1S/C23H30N2O4/c26-19-7-8-21-22(17-5-1-2-6-20(17)29-21)18(19)15-24-9-3-4-16(14-24)23(27)25-10-12-28-13-11-25/h7-8,16,26H,1-6,9-15H2. The van der Waals surface area contributed by atoms with Crippen LogP contribution in [-0.4, -0.2) is 60.2 Å². The van der Waals surface area contributed by atoms with Gasteiger partial charge in [0.25, 0.3) is 0 Å². The number of ether oxygens (including phenoxy) is 1. The first kappa shape index (κ1) is 18.9. The molecule has 0 bridgehead atoms. The molecule has 2 saturated heterocycles. The Morgan fingerprint density at radius 3 is 2.79 bits per heavy atom. The average molecular weight is 399 g/mol. The lowest BCUT2D eigenvalue weighted by Crippen LogP contribution is -2.48. The molecule has 1 N–H and O–H groups in total. The molecule has 1 aromatic carbocycles. The number of fused-ring (bicyclic) bond motifs is 3. The van der Waals surface area contributed by atoms with Gasteiger partial charge in [-0.3, -0.25) is 9.69 Å². The number of hydrogen-bond donors (Lipinski definition) is 1. The van der Waals surface area contributed by atoms with E-state index >= 15 is 0 Å². The minimum absolute atomic E-state index is 0.0430. The van der Waals surface area contributed by atoms with Crippen molar-refractivity contribution in [2.45, 2.75) is 45.1 Å². The monoisotopic (exact) mass is 398 g/mol. The van der Waals surface area contributed by atoms with E-state index in [1.165, 1.54) is 18.4 Å². The Bertz CT molecular complexity index is 900. The average Bonchev–Trinajstić information content (AvgIpc) is 3.15. The maximum absolute atomic E-state index is 13.0. The van der Waals surface area contributed by atoms with E-state index < -0.39 is 0 Å². The van der Waals surface area contributed by atoms with Crippen LogP contribution in [0.4, 0.5) is 0 Å². The van der Waals surface area contributed by atoms with Crippen molar-refractivity contribution in [3.05, 3.63) is 29.0 Å². The van der Waals surface area contributed by atoms with Crippen LogP contribution in [0.3, 0.4) is 0 Å². The van der Waals surface area contributed by atoms with Gasteiger partial charge in [0.1, 0.15) is 17.1 Å². The fourth-order valence-electron chi connectivity index (χ4n) is 5.24. The Kier molecular flexibility index (Phi) is 5.22. The van der Waals surface area contributed by atoms with Crippen molar-refractivity contribution in [1.82, 2.24) is 9.80 Å². The molecule has 29 heavy (non-hydrogen) atoms. The van der Waals surface area contributed by atoms with E-state index in [4.69, 9.17) is 9.15 Å². The predicted octanol–water partition coefficient (Wildman–Crippen LogP) is 3.09. The van der Waals surface area contributed by atoms with E-state index in [9.17, 15) is 9.90 Å². The third-order valence-corrected chi connectivity index (χ3v) is 6.76. The molecular formula is C23H30N2O4. The van der Waals surface area contributed by atoms with Crippen LogP contribution >= 0.6 is 0 Å². The number of carbonyl (C=O) groups excluding carboxylic acids is 1. The van der Waals surface area contributed by atoms with Crippen LogP contribution in [0, 0.1) is 5.92 Å². The Hall–Kier alpha value is -2.05. The summed E-state index contributed by atoms with van der Waals surface area (Å²) in [6.45, 7) is 5.08. The Balaban J connectivity index is 1.37. The fourth-order valence-corrected chi connectivity index (χ4v) is 5.24. The summed E-state index contributed by atoms with van der Waals surface area (Å²) in [7, 11) is 0. The molecule has 2 aliphatic heterocycles. The van der Waals surface area contributed by atoms with Gasteiger partial charge in [0.2, 0.25) is 5.91 Å². The first-order valence-corrected chi connectivity index (χ1v) is 11.0. The minimum Gasteiger partial charge on any atom is -0.508 e. The van der Waals surface area contributed by atoms with Gasteiger partial charge in [-0.25, -0.2) is 0 Å². The molecule has 6 nitrogen and oxygen atoms in total. The molecule has 1 aliphatic carbocycles. The molecule has 2 fully saturated rings. The second-order valence-corrected chi connectivity index (χ2v) is 8.66. The van der Waals surface area contributed by atoms with Crippen molar-refractivity contribution in [3.8, 4) is 5.75 Å². The summed E-state index contributed by atoms with van der Waals surface area (Å²) in [6, 6.07) is 3.65. The highest BCUT2D eigenvalue weighted by molar-refractivity contribution is 5.88. The quantitative estimate of drug-likeness (QED) is 0.861. The van der Waals surface area contributed by atoms with Gasteiger partial charge in [-0.2, -0.15) is 0 Å². The van der Waals surface area contributed by atoms with Crippen LogP contribution in [-0.2, 0) is 28.9 Å². The number of nitrogens with zero attached hydrogens (tertiary/aromatic N) is 2. The molecule has 1 amide bonds. The summed E-state index contributed by atoms with van der Waals surface area (Å²) >= 11 is 0. The zero-order valence-corrected chi connectivity index (χ0v) is 17.0. The number of aryl methyl sites for hydroxylation is 2. The molecule has 1 unspecified atom stereocenters.